The van der Waals surface area contributed by atoms with Gasteiger partial charge in [-0.3, -0.25) is 4.90 Å². The summed E-state index contributed by atoms with van der Waals surface area (Å²) in [5.41, 5.74) is 10.9. The maximum atomic E-state index is 9.91. The molecule has 1 spiro atoms. The topological polar surface area (TPSA) is 114 Å². The van der Waals surface area contributed by atoms with Gasteiger partial charge in [-0.25, -0.2) is 4.98 Å². The standard InChI is InChI=1S/C27H30N6O2/c1-16(21-6-4-14-33(21)2)34-22-10-13-30-26(31-22)24-18-5-3-11-27(25(18)35-32-24)12-9-17-7-8-20(29)19(15-28)23(17)27/h7-8,10,13,16,21H,3-6,9,11-12,14,29H2,1-2H3. The van der Waals surface area contributed by atoms with Crippen molar-refractivity contribution in [3.05, 3.63) is 52.4 Å². The van der Waals surface area contributed by atoms with Crippen LogP contribution in [0.4, 0.5) is 5.69 Å². The second-order valence-corrected chi connectivity index (χ2v) is 10.2. The van der Waals surface area contributed by atoms with E-state index in [0.717, 1.165) is 62.0 Å². The molecular formula is C27H30N6O2. The molecule has 35 heavy (non-hydrogen) atoms. The van der Waals surface area contributed by atoms with E-state index < -0.39 is 0 Å². The van der Waals surface area contributed by atoms with Crippen molar-refractivity contribution in [2.75, 3.05) is 19.3 Å². The van der Waals surface area contributed by atoms with Crippen molar-refractivity contribution in [1.82, 2.24) is 20.0 Å². The SMILES string of the molecule is CC(Oc1ccnc(-c2noc3c2CCCC32CCc3ccc(N)c(C#N)c32)n1)C1CCCN1C. The molecule has 3 atom stereocenters. The number of hydrogen-bond donors (Lipinski definition) is 1. The normalized spacial score (nSPS) is 24.2. The van der Waals surface area contributed by atoms with Crippen LogP contribution in [0.1, 0.15) is 67.0 Å². The zero-order chi connectivity index (χ0) is 24.2. The highest BCUT2D eigenvalue weighted by atomic mass is 16.5. The number of likely N-dealkylation sites (N-methyl/N-ethyl adjacent to an activating group) is 1. The molecule has 3 heterocycles. The predicted molar refractivity (Wildman–Crippen MR) is 131 cm³/mol. The maximum absolute atomic E-state index is 9.91. The first-order valence-corrected chi connectivity index (χ1v) is 12.5. The number of benzene rings is 1. The van der Waals surface area contributed by atoms with Crippen LogP contribution >= 0.6 is 0 Å². The average Bonchev–Trinajstić information content (AvgIpc) is 3.58. The van der Waals surface area contributed by atoms with Crippen LogP contribution in [0.25, 0.3) is 11.5 Å². The van der Waals surface area contributed by atoms with Crippen LogP contribution < -0.4 is 10.5 Å². The van der Waals surface area contributed by atoms with E-state index in [-0.39, 0.29) is 11.5 Å². The van der Waals surface area contributed by atoms with Crippen LogP contribution in [0.3, 0.4) is 0 Å². The molecule has 180 valence electrons. The van der Waals surface area contributed by atoms with E-state index in [4.69, 9.17) is 20.0 Å². The van der Waals surface area contributed by atoms with E-state index >= 15 is 0 Å². The number of anilines is 1. The van der Waals surface area contributed by atoms with Crippen LogP contribution in [0, 0.1) is 11.3 Å². The van der Waals surface area contributed by atoms with Crippen molar-refractivity contribution in [3.63, 3.8) is 0 Å². The molecule has 1 fully saturated rings. The van der Waals surface area contributed by atoms with Crippen LogP contribution in [-0.4, -0.2) is 45.8 Å². The first-order valence-electron chi connectivity index (χ1n) is 12.5. The number of aryl methyl sites for hydroxylation is 1. The summed E-state index contributed by atoms with van der Waals surface area (Å²) in [5.74, 6) is 1.91. The highest BCUT2D eigenvalue weighted by molar-refractivity contribution is 5.68. The summed E-state index contributed by atoms with van der Waals surface area (Å²) in [7, 11) is 2.15. The number of likely N-dealkylation sites (tertiary alicyclic amines) is 1. The van der Waals surface area contributed by atoms with Crippen LogP contribution in [0.5, 0.6) is 5.88 Å². The number of ether oxygens (including phenoxy) is 1. The lowest BCUT2D eigenvalue weighted by Crippen LogP contribution is -2.38. The third-order valence-electron chi connectivity index (χ3n) is 8.26. The number of aromatic nitrogens is 3. The van der Waals surface area contributed by atoms with Gasteiger partial charge in [0.15, 0.2) is 17.3 Å². The molecule has 8 heteroatoms. The molecule has 1 aliphatic heterocycles. The van der Waals surface area contributed by atoms with Crippen LogP contribution in [-0.2, 0) is 18.3 Å². The molecule has 0 radical (unpaired) electrons. The van der Waals surface area contributed by atoms with Crippen molar-refractivity contribution >= 4 is 5.69 Å². The summed E-state index contributed by atoms with van der Waals surface area (Å²) in [6.07, 6.45) is 8.59. The first-order chi connectivity index (χ1) is 17.0. The van der Waals surface area contributed by atoms with E-state index in [1.54, 1.807) is 12.3 Å². The third-order valence-corrected chi connectivity index (χ3v) is 8.26. The molecule has 2 aromatic heterocycles. The molecular weight excluding hydrogens is 440 g/mol. The fraction of sp³-hybridized carbons (Fsp3) is 0.481. The minimum Gasteiger partial charge on any atom is -0.473 e. The Labute approximate surface area is 205 Å². The highest BCUT2D eigenvalue weighted by Crippen LogP contribution is 2.54. The average molecular weight is 471 g/mol. The zero-order valence-corrected chi connectivity index (χ0v) is 20.3. The van der Waals surface area contributed by atoms with Gasteiger partial charge in [0.2, 0.25) is 5.88 Å². The largest absolute Gasteiger partial charge is 0.473 e. The Balaban J connectivity index is 1.36. The monoisotopic (exact) mass is 470 g/mol. The van der Waals surface area contributed by atoms with E-state index in [1.165, 1.54) is 12.0 Å². The lowest BCUT2D eigenvalue weighted by molar-refractivity contribution is 0.117. The Morgan fingerprint density at radius 1 is 1.26 bits per heavy atom. The number of nitrogen functional groups attached to an aromatic ring is 1. The Morgan fingerprint density at radius 2 is 2.14 bits per heavy atom. The molecule has 3 aliphatic rings. The van der Waals surface area contributed by atoms with Gasteiger partial charge in [-0.2, -0.15) is 10.2 Å². The summed E-state index contributed by atoms with van der Waals surface area (Å²) >= 11 is 0. The molecule has 3 unspecified atom stereocenters. The highest BCUT2D eigenvalue weighted by Gasteiger charge is 2.49. The minimum absolute atomic E-state index is 0.0320. The first kappa shape index (κ1) is 22.1. The van der Waals surface area contributed by atoms with E-state index in [9.17, 15) is 5.26 Å². The van der Waals surface area contributed by atoms with E-state index in [0.29, 0.717) is 34.7 Å². The number of nitrogens with two attached hydrogens (primary N) is 1. The lowest BCUT2D eigenvalue weighted by atomic mass is 9.68. The maximum Gasteiger partial charge on any atom is 0.217 e. The lowest BCUT2D eigenvalue weighted by Gasteiger charge is -2.33. The smallest absolute Gasteiger partial charge is 0.217 e. The molecule has 0 amide bonds. The Kier molecular flexibility index (Phi) is 5.26. The molecule has 2 N–H and O–H groups in total. The molecule has 8 nitrogen and oxygen atoms in total. The van der Waals surface area contributed by atoms with E-state index in [2.05, 4.69) is 41.1 Å². The van der Waals surface area contributed by atoms with Crippen molar-refractivity contribution in [2.45, 2.75) is 69.4 Å². The third kappa shape index (κ3) is 3.41. The summed E-state index contributed by atoms with van der Waals surface area (Å²) in [5, 5.41) is 14.4. The van der Waals surface area contributed by atoms with Gasteiger partial charge in [0.25, 0.3) is 0 Å². The van der Waals surface area contributed by atoms with E-state index in [1.807, 2.05) is 6.07 Å². The molecule has 2 aliphatic carbocycles. The summed E-state index contributed by atoms with van der Waals surface area (Å²) in [4.78, 5) is 11.6. The molecule has 0 saturated carbocycles. The van der Waals surface area contributed by atoms with Gasteiger partial charge in [0.1, 0.15) is 12.2 Å². The molecule has 1 aromatic carbocycles. The van der Waals surface area contributed by atoms with Gasteiger partial charge in [0.05, 0.1) is 11.0 Å². The van der Waals surface area contributed by atoms with Crippen LogP contribution in [0.15, 0.2) is 28.9 Å². The van der Waals surface area contributed by atoms with Crippen molar-refractivity contribution in [2.24, 2.45) is 0 Å². The molecule has 6 rings (SSSR count). The number of nitriles is 1. The van der Waals surface area contributed by atoms with Crippen molar-refractivity contribution in [1.29, 1.82) is 5.26 Å². The minimum atomic E-state index is -0.371. The predicted octanol–water partition coefficient (Wildman–Crippen LogP) is 4.02. The Hall–Kier alpha value is -3.44. The Morgan fingerprint density at radius 3 is 2.94 bits per heavy atom. The second kappa shape index (κ2) is 8.35. The van der Waals surface area contributed by atoms with Crippen molar-refractivity contribution in [3.8, 4) is 23.5 Å². The van der Waals surface area contributed by atoms with Crippen molar-refractivity contribution < 1.29 is 9.26 Å². The summed E-state index contributed by atoms with van der Waals surface area (Å²) in [6.45, 7) is 3.20. The van der Waals surface area contributed by atoms with Gasteiger partial charge in [-0.1, -0.05) is 11.2 Å². The van der Waals surface area contributed by atoms with Gasteiger partial charge in [-0.05, 0) is 82.7 Å². The van der Waals surface area contributed by atoms with Gasteiger partial charge < -0.3 is 15.0 Å². The Bertz CT molecular complexity index is 1330. The molecule has 3 aromatic rings. The number of fused-ring (bicyclic) bond motifs is 4. The van der Waals surface area contributed by atoms with Crippen LogP contribution in [0.2, 0.25) is 0 Å². The zero-order valence-electron chi connectivity index (χ0n) is 20.3. The molecule has 0 bridgehead atoms. The number of hydrogen-bond acceptors (Lipinski definition) is 8. The number of rotatable bonds is 4. The second-order valence-electron chi connectivity index (χ2n) is 10.2. The fourth-order valence-corrected chi connectivity index (χ4v) is 6.58. The fourth-order valence-electron chi connectivity index (χ4n) is 6.58. The summed E-state index contributed by atoms with van der Waals surface area (Å²) < 4.78 is 12.3. The van der Waals surface area contributed by atoms with Gasteiger partial charge >= 0.3 is 0 Å². The quantitative estimate of drug-likeness (QED) is 0.569. The molecule has 1 saturated heterocycles. The van der Waals surface area contributed by atoms with Gasteiger partial charge in [-0.15, -0.1) is 0 Å². The van der Waals surface area contributed by atoms with Gasteiger partial charge in [0, 0.05) is 29.6 Å². The number of nitrogens with zero attached hydrogens (tertiary/aromatic N) is 5. The summed E-state index contributed by atoms with van der Waals surface area (Å²) in [6, 6.07) is 8.44.